The van der Waals surface area contributed by atoms with Crippen LogP contribution in [0.4, 0.5) is 9.18 Å². The standard InChI is InChI=1S/C35H52FN5O3S3.Ir.Pd/c1-35(2,3)44-34(42)40(24-26-46)22-21-39(23-25-45)20-10-8-6-4-5-7-9-11-30-27-33(28-12-14-29(36)15-13-28)41(38-30)31-16-18-32(19-17-31)47(37)43;;/h12-19,27,45-46H,4-11,20-26,37H2,1-3H3;;/p-2. The molecule has 0 saturated carbocycles. The van der Waals surface area contributed by atoms with E-state index in [1.54, 1.807) is 29.2 Å². The van der Waals surface area contributed by atoms with Gasteiger partial charge in [0.15, 0.2) is 0 Å². The van der Waals surface area contributed by atoms with Crippen LogP contribution < -0.4 is 5.14 Å². The third-order valence-corrected chi connectivity index (χ3v) is 8.83. The number of amides is 1. The second-order valence-electron chi connectivity index (χ2n) is 12.7. The van der Waals surface area contributed by atoms with Crippen molar-refractivity contribution in [2.24, 2.45) is 5.14 Å². The van der Waals surface area contributed by atoms with Crippen LogP contribution in [0.3, 0.4) is 0 Å². The summed E-state index contributed by atoms with van der Waals surface area (Å²) in [5, 5.41) is 10.4. The van der Waals surface area contributed by atoms with E-state index in [1.807, 2.05) is 37.6 Å². The van der Waals surface area contributed by atoms with Gasteiger partial charge in [-0.3, -0.25) is 0 Å². The van der Waals surface area contributed by atoms with Crippen LogP contribution in [0.5, 0.6) is 0 Å². The molecule has 0 saturated heterocycles. The minimum Gasteiger partial charge on any atom is -0.791 e. The molecule has 8 nitrogen and oxygen atoms in total. The van der Waals surface area contributed by atoms with Crippen molar-refractivity contribution < 1.29 is 58.7 Å². The minimum absolute atomic E-state index is 0. The van der Waals surface area contributed by atoms with Crippen LogP contribution in [0.2, 0.25) is 0 Å². The van der Waals surface area contributed by atoms with Crippen LogP contribution in [-0.2, 0) is 87.9 Å². The SMILES string of the molecule is CC(C)(C)OC(=O)N(CC[S-])CCN(CC[S-])CCCCCCCCCc1cc(-c2ccc(F)cc2)n(-c2ccc(S(N)=O)cc2)n1.[Ir].[Pd]. The minimum atomic E-state index is -1.55. The van der Waals surface area contributed by atoms with E-state index < -0.39 is 16.6 Å². The number of nitrogens with zero attached hydrogens (tertiary/aromatic N) is 4. The van der Waals surface area contributed by atoms with Crippen LogP contribution in [0.15, 0.2) is 59.5 Å². The summed E-state index contributed by atoms with van der Waals surface area (Å²) in [7, 11) is -1.55. The first-order chi connectivity index (χ1) is 22.5. The number of rotatable bonds is 20. The van der Waals surface area contributed by atoms with E-state index in [9.17, 15) is 13.4 Å². The summed E-state index contributed by atoms with van der Waals surface area (Å²) < 4.78 is 32.7. The Morgan fingerprint density at radius 2 is 1.47 bits per heavy atom. The molecule has 3 rings (SSSR count). The monoisotopic (exact) mass is 1000 g/mol. The number of carbonyl (C=O) groups excluding carboxylic acids is 1. The normalized spacial score (nSPS) is 11.9. The number of nitrogens with two attached hydrogens (primary N) is 1. The van der Waals surface area contributed by atoms with Crippen molar-refractivity contribution in [1.29, 1.82) is 0 Å². The van der Waals surface area contributed by atoms with E-state index in [2.05, 4.69) is 11.0 Å². The van der Waals surface area contributed by atoms with E-state index in [-0.39, 0.29) is 52.4 Å². The Hall–Kier alpha value is -1.07. The largest absolute Gasteiger partial charge is 0.791 e. The molecule has 0 spiro atoms. The molecule has 1 amide bonds. The fraction of sp³-hybridized carbons (Fsp3) is 0.543. The predicted octanol–water partition coefficient (Wildman–Crippen LogP) is 6.56. The molecule has 1 heterocycles. The smallest absolute Gasteiger partial charge is 0.410 e. The summed E-state index contributed by atoms with van der Waals surface area (Å²) in [4.78, 5) is 17.2. The number of halogens is 1. The molecule has 279 valence electrons. The Bertz CT molecular complexity index is 1390. The second-order valence-corrected chi connectivity index (χ2v) is 14.6. The molecule has 3 aromatic rings. The Morgan fingerprint density at radius 1 is 0.878 bits per heavy atom. The molecule has 1 radical (unpaired) electrons. The maximum Gasteiger partial charge on any atom is 0.410 e. The predicted molar refractivity (Wildman–Crippen MR) is 194 cm³/mol. The first-order valence-corrected chi connectivity index (χ1v) is 18.9. The number of ether oxygens (including phenoxy) is 1. The van der Waals surface area contributed by atoms with Gasteiger partial charge in [-0.1, -0.05) is 32.1 Å². The Morgan fingerprint density at radius 3 is 2.04 bits per heavy atom. The molecule has 0 aliphatic rings. The van der Waals surface area contributed by atoms with Gasteiger partial charge < -0.3 is 39.8 Å². The summed E-state index contributed by atoms with van der Waals surface area (Å²) >= 11 is 10.4. The summed E-state index contributed by atoms with van der Waals surface area (Å²) in [5.74, 6) is 0.865. The quantitative estimate of drug-likeness (QED) is 0.0780. The van der Waals surface area contributed by atoms with Crippen molar-refractivity contribution >= 4 is 42.3 Å². The van der Waals surface area contributed by atoms with Crippen molar-refractivity contribution in [3.8, 4) is 16.9 Å². The number of carbonyl (C=O) groups is 1. The van der Waals surface area contributed by atoms with Crippen LogP contribution in [-0.4, -0.2) is 79.7 Å². The van der Waals surface area contributed by atoms with Crippen molar-refractivity contribution in [3.05, 3.63) is 66.1 Å². The second kappa shape index (κ2) is 24.2. The molecule has 0 aliphatic heterocycles. The van der Waals surface area contributed by atoms with E-state index in [0.717, 1.165) is 74.4 Å². The fourth-order valence-electron chi connectivity index (χ4n) is 5.28. The third-order valence-electron chi connectivity index (χ3n) is 7.73. The van der Waals surface area contributed by atoms with Crippen LogP contribution >= 0.6 is 0 Å². The van der Waals surface area contributed by atoms with Gasteiger partial charge in [0, 0.05) is 65.7 Å². The average Bonchev–Trinajstić information content (AvgIpc) is 3.45. The zero-order chi connectivity index (χ0) is 34.2. The molecular formula is C35H50FIrN5O3PdS3-2. The maximum atomic E-state index is 13.6. The molecular weight excluding hydrogens is 952 g/mol. The van der Waals surface area contributed by atoms with E-state index in [1.165, 1.54) is 31.4 Å². The zero-order valence-electron chi connectivity index (χ0n) is 28.6. The van der Waals surface area contributed by atoms with Gasteiger partial charge in [0.25, 0.3) is 0 Å². The molecule has 49 heavy (non-hydrogen) atoms. The van der Waals surface area contributed by atoms with Gasteiger partial charge in [-0.25, -0.2) is 23.2 Å². The fourth-order valence-corrected chi connectivity index (χ4v) is 6.16. The Kier molecular flexibility index (Phi) is 22.7. The van der Waals surface area contributed by atoms with Gasteiger partial charge in [0.1, 0.15) is 22.4 Å². The third kappa shape index (κ3) is 16.9. The number of unbranched alkanes of at least 4 members (excludes halogenated alkanes) is 6. The van der Waals surface area contributed by atoms with Gasteiger partial charge in [0.05, 0.1) is 22.0 Å². The topological polar surface area (TPSA) is 93.7 Å². The maximum absolute atomic E-state index is 13.6. The van der Waals surface area contributed by atoms with Gasteiger partial charge in [-0.05, 0) is 108 Å². The molecule has 1 unspecified atom stereocenters. The molecule has 1 atom stereocenters. The summed E-state index contributed by atoms with van der Waals surface area (Å²) in [6.45, 7) is 9.30. The average molecular weight is 1000 g/mol. The molecule has 0 fully saturated rings. The van der Waals surface area contributed by atoms with Crippen LogP contribution in [0.1, 0.15) is 71.4 Å². The molecule has 2 N–H and O–H groups in total. The number of aromatic nitrogens is 2. The number of benzene rings is 2. The zero-order valence-corrected chi connectivity index (χ0v) is 35.0. The van der Waals surface area contributed by atoms with Gasteiger partial charge >= 0.3 is 6.09 Å². The molecule has 14 heteroatoms. The molecule has 0 bridgehead atoms. The number of aryl methyl sites for hydroxylation is 1. The summed E-state index contributed by atoms with van der Waals surface area (Å²) in [6.07, 6.45) is 8.54. The summed E-state index contributed by atoms with van der Waals surface area (Å²) in [6, 6.07) is 15.7. The van der Waals surface area contributed by atoms with Crippen molar-refractivity contribution in [2.75, 3.05) is 44.2 Å². The van der Waals surface area contributed by atoms with Crippen molar-refractivity contribution in [1.82, 2.24) is 19.6 Å². The van der Waals surface area contributed by atoms with Crippen LogP contribution in [0, 0.1) is 5.82 Å². The van der Waals surface area contributed by atoms with E-state index in [4.69, 9.17) is 40.2 Å². The van der Waals surface area contributed by atoms with E-state index in [0.29, 0.717) is 29.5 Å². The first-order valence-electron chi connectivity index (χ1n) is 16.5. The summed E-state index contributed by atoms with van der Waals surface area (Å²) in [5.41, 5.74) is 3.03. The van der Waals surface area contributed by atoms with Gasteiger partial charge in [-0.15, -0.1) is 0 Å². The van der Waals surface area contributed by atoms with Gasteiger partial charge in [-0.2, -0.15) is 16.6 Å². The molecule has 2 aromatic carbocycles. The number of hydrogen-bond donors (Lipinski definition) is 1. The van der Waals surface area contributed by atoms with E-state index >= 15 is 0 Å². The van der Waals surface area contributed by atoms with Crippen molar-refractivity contribution in [3.63, 3.8) is 0 Å². The van der Waals surface area contributed by atoms with Crippen LogP contribution in [0.25, 0.3) is 16.9 Å². The first kappa shape index (κ1) is 46.0. The number of hydrogen-bond acceptors (Lipinski definition) is 7. The molecule has 1 aromatic heterocycles. The van der Waals surface area contributed by atoms with Crippen molar-refractivity contribution in [2.45, 2.75) is 82.6 Å². The molecule has 0 aliphatic carbocycles. The Labute approximate surface area is 333 Å². The Balaban J connectivity index is 0.00000600. The van der Waals surface area contributed by atoms with Gasteiger partial charge in [0.2, 0.25) is 0 Å².